The maximum atomic E-state index is 5.62. The molecule has 0 heterocycles. The highest BCUT2D eigenvalue weighted by molar-refractivity contribution is 5.58. The van der Waals surface area contributed by atoms with Gasteiger partial charge in [-0.3, -0.25) is 0 Å². The minimum atomic E-state index is 0.415. The molecule has 3 heteroatoms. The van der Waals surface area contributed by atoms with Gasteiger partial charge < -0.3 is 9.57 Å². The highest BCUT2D eigenvalue weighted by atomic mass is 16.6. The lowest BCUT2D eigenvalue weighted by molar-refractivity contribution is 0.111. The van der Waals surface area contributed by atoms with Gasteiger partial charge in [0.1, 0.15) is 19.0 Å². The van der Waals surface area contributed by atoms with Crippen molar-refractivity contribution < 1.29 is 9.57 Å². The van der Waals surface area contributed by atoms with E-state index in [0.29, 0.717) is 19.1 Å². The molecule has 0 radical (unpaired) electrons. The van der Waals surface area contributed by atoms with Gasteiger partial charge in [-0.25, -0.2) is 0 Å². The second-order valence-electron chi connectivity index (χ2n) is 5.71. The topological polar surface area (TPSA) is 30.8 Å². The predicted molar refractivity (Wildman–Crippen MR) is 95.1 cm³/mol. The van der Waals surface area contributed by atoms with Gasteiger partial charge in [0.25, 0.3) is 0 Å². The first-order chi connectivity index (χ1) is 11.3. The van der Waals surface area contributed by atoms with Crippen molar-refractivity contribution in [1.29, 1.82) is 0 Å². The Balaban J connectivity index is 1.72. The van der Waals surface area contributed by atoms with E-state index in [9.17, 15) is 0 Å². The van der Waals surface area contributed by atoms with Gasteiger partial charge in [0, 0.05) is 0 Å². The smallest absolute Gasteiger partial charge is 0.127 e. The Bertz CT molecular complexity index is 578. The highest BCUT2D eigenvalue weighted by Crippen LogP contribution is 2.15. The molecule has 122 valence electrons. The molecule has 2 aromatic rings. The van der Waals surface area contributed by atoms with Crippen LogP contribution in [-0.2, 0) is 11.3 Å². The summed E-state index contributed by atoms with van der Waals surface area (Å²) in [6, 6.07) is 18.6. The SMILES string of the molecule is CCC(C)CO/N=C/COc1ccc(Cc2ccccc2)cc1. The molecule has 2 rings (SSSR count). The largest absolute Gasteiger partial charge is 0.488 e. The molecule has 0 aliphatic carbocycles. The van der Waals surface area contributed by atoms with E-state index in [1.54, 1.807) is 6.21 Å². The molecule has 0 spiro atoms. The van der Waals surface area contributed by atoms with Crippen molar-refractivity contribution in [2.45, 2.75) is 26.7 Å². The van der Waals surface area contributed by atoms with Gasteiger partial charge in [-0.2, -0.15) is 0 Å². The molecule has 0 fully saturated rings. The van der Waals surface area contributed by atoms with Crippen LogP contribution in [0.3, 0.4) is 0 Å². The number of benzene rings is 2. The van der Waals surface area contributed by atoms with E-state index in [4.69, 9.17) is 9.57 Å². The molecule has 0 aromatic heterocycles. The Morgan fingerprint density at radius 3 is 2.39 bits per heavy atom. The fraction of sp³-hybridized carbons (Fsp3) is 0.350. The zero-order valence-electron chi connectivity index (χ0n) is 13.9. The zero-order chi connectivity index (χ0) is 16.3. The lowest BCUT2D eigenvalue weighted by atomic mass is 10.1. The summed E-state index contributed by atoms with van der Waals surface area (Å²) in [5, 5.41) is 3.90. The second kappa shape index (κ2) is 9.67. The molecule has 0 saturated carbocycles. The van der Waals surface area contributed by atoms with Crippen molar-refractivity contribution in [2.75, 3.05) is 13.2 Å². The fourth-order valence-electron chi connectivity index (χ4n) is 2.04. The normalized spacial score (nSPS) is 12.3. The molecule has 0 aliphatic rings. The molecule has 23 heavy (non-hydrogen) atoms. The van der Waals surface area contributed by atoms with E-state index in [0.717, 1.165) is 18.6 Å². The first kappa shape index (κ1) is 17.1. The van der Waals surface area contributed by atoms with Crippen LogP contribution in [0.25, 0.3) is 0 Å². The van der Waals surface area contributed by atoms with Crippen LogP contribution in [0.1, 0.15) is 31.4 Å². The lowest BCUT2D eigenvalue weighted by Crippen LogP contribution is -2.03. The van der Waals surface area contributed by atoms with Gasteiger partial charge >= 0.3 is 0 Å². The third kappa shape index (κ3) is 6.55. The number of hydrogen-bond acceptors (Lipinski definition) is 3. The summed E-state index contributed by atoms with van der Waals surface area (Å²) in [6.45, 7) is 5.35. The van der Waals surface area contributed by atoms with E-state index < -0.39 is 0 Å². The van der Waals surface area contributed by atoms with Crippen molar-refractivity contribution in [3.8, 4) is 5.75 Å². The van der Waals surface area contributed by atoms with E-state index in [-0.39, 0.29) is 0 Å². The summed E-state index contributed by atoms with van der Waals surface area (Å²) in [7, 11) is 0. The minimum absolute atomic E-state index is 0.415. The summed E-state index contributed by atoms with van der Waals surface area (Å²) in [5.41, 5.74) is 2.58. The van der Waals surface area contributed by atoms with Gasteiger partial charge in [0.15, 0.2) is 0 Å². The van der Waals surface area contributed by atoms with Crippen LogP contribution in [0.2, 0.25) is 0 Å². The van der Waals surface area contributed by atoms with E-state index in [1.165, 1.54) is 11.1 Å². The molecule has 0 saturated heterocycles. The molecule has 0 aliphatic heterocycles. The summed E-state index contributed by atoms with van der Waals surface area (Å²) in [6.07, 6.45) is 3.69. The molecule has 1 atom stereocenters. The number of hydrogen-bond donors (Lipinski definition) is 0. The van der Waals surface area contributed by atoms with Gasteiger partial charge in [-0.15, -0.1) is 0 Å². The molecular weight excluding hydrogens is 286 g/mol. The first-order valence-electron chi connectivity index (χ1n) is 8.17. The van der Waals surface area contributed by atoms with Crippen LogP contribution >= 0.6 is 0 Å². The van der Waals surface area contributed by atoms with Crippen molar-refractivity contribution >= 4 is 6.21 Å². The highest BCUT2D eigenvalue weighted by Gasteiger charge is 1.98. The maximum Gasteiger partial charge on any atom is 0.127 e. The van der Waals surface area contributed by atoms with Gasteiger partial charge in [0.05, 0.1) is 6.21 Å². The molecule has 1 unspecified atom stereocenters. The zero-order valence-corrected chi connectivity index (χ0v) is 13.9. The summed E-state index contributed by atoms with van der Waals surface area (Å²) in [5.74, 6) is 1.38. The van der Waals surface area contributed by atoms with E-state index in [2.05, 4.69) is 55.4 Å². The Hall–Kier alpha value is -2.29. The van der Waals surface area contributed by atoms with Gasteiger partial charge in [0.2, 0.25) is 0 Å². The predicted octanol–water partition coefficient (Wildman–Crippen LogP) is 4.70. The number of rotatable bonds is 9. The summed E-state index contributed by atoms with van der Waals surface area (Å²) < 4.78 is 5.62. The van der Waals surface area contributed by atoms with Crippen molar-refractivity contribution in [2.24, 2.45) is 11.1 Å². The Morgan fingerprint density at radius 2 is 1.70 bits per heavy atom. The standard InChI is InChI=1S/C20H25NO2/c1-3-17(2)16-23-21-13-14-22-20-11-9-19(10-12-20)15-18-7-5-4-6-8-18/h4-13,17H,3,14-16H2,1-2H3/b21-13+. The van der Waals surface area contributed by atoms with Crippen LogP contribution in [0.4, 0.5) is 0 Å². The number of nitrogens with zero attached hydrogens (tertiary/aromatic N) is 1. The third-order valence-corrected chi connectivity index (χ3v) is 3.70. The lowest BCUT2D eigenvalue weighted by Gasteiger charge is -2.06. The Labute approximate surface area is 138 Å². The molecule has 0 bridgehead atoms. The first-order valence-corrected chi connectivity index (χ1v) is 8.17. The fourth-order valence-corrected chi connectivity index (χ4v) is 2.04. The average molecular weight is 311 g/mol. The van der Waals surface area contributed by atoms with Crippen molar-refractivity contribution in [1.82, 2.24) is 0 Å². The van der Waals surface area contributed by atoms with Crippen LogP contribution in [0, 0.1) is 5.92 Å². The monoisotopic (exact) mass is 311 g/mol. The van der Waals surface area contributed by atoms with Crippen molar-refractivity contribution in [3.05, 3.63) is 65.7 Å². The third-order valence-electron chi connectivity index (χ3n) is 3.70. The molecule has 2 aromatic carbocycles. The molecule has 3 nitrogen and oxygen atoms in total. The quantitative estimate of drug-likeness (QED) is 0.496. The maximum absolute atomic E-state index is 5.62. The average Bonchev–Trinajstić information content (AvgIpc) is 2.60. The van der Waals surface area contributed by atoms with Crippen LogP contribution in [0.15, 0.2) is 59.8 Å². The van der Waals surface area contributed by atoms with E-state index in [1.807, 2.05) is 18.2 Å². The summed E-state index contributed by atoms with van der Waals surface area (Å²) in [4.78, 5) is 5.20. The number of oxime groups is 1. The van der Waals surface area contributed by atoms with Crippen molar-refractivity contribution in [3.63, 3.8) is 0 Å². The Morgan fingerprint density at radius 1 is 1.00 bits per heavy atom. The van der Waals surface area contributed by atoms with Crippen LogP contribution in [-0.4, -0.2) is 19.4 Å². The van der Waals surface area contributed by atoms with Gasteiger partial charge in [-0.05, 0) is 35.6 Å². The van der Waals surface area contributed by atoms with E-state index >= 15 is 0 Å². The Kier molecular flexibility index (Phi) is 7.18. The van der Waals surface area contributed by atoms with Crippen LogP contribution < -0.4 is 4.74 Å². The minimum Gasteiger partial charge on any atom is -0.488 e. The molecule has 0 amide bonds. The molecule has 0 N–H and O–H groups in total. The molecular formula is C20H25NO2. The summed E-state index contributed by atoms with van der Waals surface area (Å²) >= 11 is 0. The van der Waals surface area contributed by atoms with Gasteiger partial charge in [-0.1, -0.05) is 67.9 Å². The number of ether oxygens (including phenoxy) is 1. The second-order valence-corrected chi connectivity index (χ2v) is 5.71. The van der Waals surface area contributed by atoms with Crippen LogP contribution in [0.5, 0.6) is 5.75 Å².